The first-order valence-electron chi connectivity index (χ1n) is 11.4. The molecule has 2 aliphatic heterocycles. The van der Waals surface area contributed by atoms with Crippen molar-refractivity contribution >= 4 is 34.8 Å². The molecule has 1 saturated heterocycles. The average molecular weight is 522 g/mol. The van der Waals surface area contributed by atoms with Gasteiger partial charge in [-0.2, -0.15) is 17.7 Å². The Labute approximate surface area is 209 Å². The van der Waals surface area contributed by atoms with E-state index < -0.39 is 12.1 Å². The number of urea groups is 1. The summed E-state index contributed by atoms with van der Waals surface area (Å²) in [6.07, 6.45) is -0.763. The zero-order valence-electron chi connectivity index (χ0n) is 20.4. The van der Waals surface area contributed by atoms with Crippen molar-refractivity contribution in [3.05, 3.63) is 35.7 Å². The summed E-state index contributed by atoms with van der Waals surface area (Å²) in [6.45, 7) is 9.75. The molecule has 2 amide bonds. The van der Waals surface area contributed by atoms with Crippen molar-refractivity contribution in [2.24, 2.45) is 0 Å². The van der Waals surface area contributed by atoms with Crippen LogP contribution in [0.15, 0.2) is 24.5 Å². The van der Waals surface area contributed by atoms with Gasteiger partial charge in [-0.25, -0.2) is 14.6 Å². The molecule has 2 aliphatic rings. The van der Waals surface area contributed by atoms with Gasteiger partial charge in [0.05, 0.1) is 11.9 Å². The van der Waals surface area contributed by atoms with Crippen LogP contribution in [0.3, 0.4) is 0 Å². The number of piperazine rings is 1. The van der Waals surface area contributed by atoms with Crippen molar-refractivity contribution in [2.75, 3.05) is 41.3 Å². The Morgan fingerprint density at radius 2 is 1.97 bits per heavy atom. The maximum atomic E-state index is 13.1. The number of anilines is 3. The standard InChI is InChI=1S/C20H25N9O.C2HF3O2/c1-13-10-17-24-25-26-29(17)11-15(13)23-19(30)28-8-5-14-16(4-6-21-18(14)28)27-9-7-22-20(2,3)12-27;3-2(4,5)1(6)7/h4,6,10-11,22H,5,7-9,12H2,1-3H3,(H,23,30);(H,6,7). The molecule has 3 aromatic heterocycles. The molecule has 0 radical (unpaired) electrons. The van der Waals surface area contributed by atoms with Crippen molar-refractivity contribution in [3.63, 3.8) is 0 Å². The Hall–Kier alpha value is -4.01. The van der Waals surface area contributed by atoms with Crippen LogP contribution in [0.2, 0.25) is 0 Å². The summed E-state index contributed by atoms with van der Waals surface area (Å²) in [5.41, 5.74) is 4.58. The highest BCUT2D eigenvalue weighted by Gasteiger charge is 2.38. The number of amides is 2. The molecule has 0 spiro atoms. The monoisotopic (exact) mass is 521 g/mol. The lowest BCUT2D eigenvalue weighted by Gasteiger charge is -2.41. The molecule has 0 atom stereocenters. The molecule has 5 rings (SSSR count). The summed E-state index contributed by atoms with van der Waals surface area (Å²) >= 11 is 0. The molecule has 15 heteroatoms. The summed E-state index contributed by atoms with van der Waals surface area (Å²) in [5.74, 6) is -2.02. The number of aromatic nitrogens is 5. The second kappa shape index (κ2) is 9.80. The third-order valence-electron chi connectivity index (χ3n) is 6.03. The molecular weight excluding hydrogens is 495 g/mol. The van der Waals surface area contributed by atoms with Crippen molar-refractivity contribution < 1.29 is 27.9 Å². The summed E-state index contributed by atoms with van der Waals surface area (Å²) < 4.78 is 33.3. The Morgan fingerprint density at radius 1 is 1.24 bits per heavy atom. The van der Waals surface area contributed by atoms with Crippen LogP contribution in [0.25, 0.3) is 5.65 Å². The van der Waals surface area contributed by atoms with Gasteiger partial charge in [0.2, 0.25) is 0 Å². The molecule has 0 bridgehead atoms. The number of aliphatic carboxylic acids is 1. The number of carboxylic acid groups (broad SMARTS) is 1. The quantitative estimate of drug-likeness (QED) is 0.463. The number of carbonyl (C=O) groups excluding carboxylic acids is 1. The van der Waals surface area contributed by atoms with E-state index in [9.17, 15) is 18.0 Å². The molecule has 1 fully saturated rings. The number of carboxylic acids is 1. The zero-order valence-corrected chi connectivity index (χ0v) is 20.4. The third kappa shape index (κ3) is 5.71. The predicted octanol–water partition coefficient (Wildman–Crippen LogP) is 2.24. The van der Waals surface area contributed by atoms with E-state index in [1.54, 1.807) is 21.8 Å². The molecule has 37 heavy (non-hydrogen) atoms. The number of halogens is 3. The number of carbonyl (C=O) groups is 2. The second-order valence-corrected chi connectivity index (χ2v) is 9.35. The van der Waals surface area contributed by atoms with Gasteiger partial charge in [0.25, 0.3) is 0 Å². The second-order valence-electron chi connectivity index (χ2n) is 9.35. The predicted molar refractivity (Wildman–Crippen MR) is 128 cm³/mol. The van der Waals surface area contributed by atoms with Gasteiger partial charge in [-0.1, -0.05) is 0 Å². The number of hydrogen-bond acceptors (Lipinski definition) is 8. The normalized spacial score (nSPS) is 16.7. The fourth-order valence-corrected chi connectivity index (χ4v) is 4.31. The van der Waals surface area contributed by atoms with Crippen LogP contribution in [-0.4, -0.2) is 80.0 Å². The molecule has 5 heterocycles. The smallest absolute Gasteiger partial charge is 0.475 e. The van der Waals surface area contributed by atoms with Crippen LogP contribution in [-0.2, 0) is 11.2 Å². The number of tetrazole rings is 1. The molecular formula is C22H26F3N9O3. The lowest BCUT2D eigenvalue weighted by molar-refractivity contribution is -0.192. The average Bonchev–Trinajstić information content (AvgIpc) is 3.45. The number of pyridine rings is 2. The zero-order chi connectivity index (χ0) is 27.0. The van der Waals surface area contributed by atoms with Gasteiger partial charge >= 0.3 is 18.2 Å². The van der Waals surface area contributed by atoms with Crippen LogP contribution in [0, 0.1) is 6.92 Å². The van der Waals surface area contributed by atoms with Gasteiger partial charge in [-0.15, -0.1) is 5.10 Å². The fraction of sp³-hybridized carbons (Fsp3) is 0.455. The van der Waals surface area contributed by atoms with Gasteiger partial charge in [0, 0.05) is 49.2 Å². The van der Waals surface area contributed by atoms with Crippen molar-refractivity contribution in [1.29, 1.82) is 0 Å². The topological polar surface area (TPSA) is 141 Å². The molecule has 3 N–H and O–H groups in total. The Kier molecular flexibility index (Phi) is 6.90. The fourth-order valence-electron chi connectivity index (χ4n) is 4.31. The van der Waals surface area contributed by atoms with Crippen LogP contribution < -0.4 is 20.4 Å². The van der Waals surface area contributed by atoms with E-state index in [2.05, 4.69) is 56.0 Å². The molecule has 3 aromatic rings. The summed E-state index contributed by atoms with van der Waals surface area (Å²) in [4.78, 5) is 30.6. The lowest BCUT2D eigenvalue weighted by atomic mass is 10.0. The molecule has 0 saturated carbocycles. The van der Waals surface area contributed by atoms with Gasteiger partial charge in [-0.05, 0) is 55.3 Å². The van der Waals surface area contributed by atoms with E-state index in [4.69, 9.17) is 9.90 Å². The number of nitrogens with one attached hydrogen (secondary N) is 2. The minimum atomic E-state index is -5.08. The van der Waals surface area contributed by atoms with Crippen LogP contribution in [0.4, 0.5) is 35.2 Å². The maximum Gasteiger partial charge on any atom is 0.490 e. The van der Waals surface area contributed by atoms with E-state index in [-0.39, 0.29) is 11.6 Å². The highest BCUT2D eigenvalue weighted by atomic mass is 19.4. The third-order valence-corrected chi connectivity index (χ3v) is 6.03. The minimum absolute atomic E-state index is 0.0520. The highest BCUT2D eigenvalue weighted by Crippen LogP contribution is 2.35. The van der Waals surface area contributed by atoms with Crippen LogP contribution >= 0.6 is 0 Å². The minimum Gasteiger partial charge on any atom is -0.475 e. The maximum absolute atomic E-state index is 13.1. The van der Waals surface area contributed by atoms with Crippen molar-refractivity contribution in [3.8, 4) is 0 Å². The van der Waals surface area contributed by atoms with Gasteiger partial charge in [-0.3, -0.25) is 4.90 Å². The van der Waals surface area contributed by atoms with E-state index in [0.29, 0.717) is 17.9 Å². The number of fused-ring (bicyclic) bond motifs is 2. The largest absolute Gasteiger partial charge is 0.490 e. The highest BCUT2D eigenvalue weighted by molar-refractivity contribution is 6.03. The number of hydrogen-bond donors (Lipinski definition) is 3. The van der Waals surface area contributed by atoms with Gasteiger partial charge in [0.15, 0.2) is 5.65 Å². The summed E-state index contributed by atoms with van der Waals surface area (Å²) in [6, 6.07) is 3.71. The van der Waals surface area contributed by atoms with E-state index in [0.717, 1.165) is 43.0 Å². The lowest BCUT2D eigenvalue weighted by Crippen LogP contribution is -2.57. The first-order chi connectivity index (χ1) is 17.4. The Morgan fingerprint density at radius 3 is 2.65 bits per heavy atom. The number of rotatable bonds is 2. The van der Waals surface area contributed by atoms with Crippen molar-refractivity contribution in [1.82, 2.24) is 30.3 Å². The van der Waals surface area contributed by atoms with Crippen LogP contribution in [0.1, 0.15) is 25.0 Å². The first-order valence-corrected chi connectivity index (χ1v) is 11.4. The SMILES string of the molecule is Cc1cc2nnnn2cc1NC(=O)N1CCc2c(N3CCNC(C)(C)C3)ccnc21.O=C(O)C(F)(F)F. The number of nitrogens with zero attached hydrogens (tertiary/aromatic N) is 7. The van der Waals surface area contributed by atoms with Crippen molar-refractivity contribution in [2.45, 2.75) is 38.9 Å². The van der Waals surface area contributed by atoms with E-state index in [1.807, 2.05) is 13.0 Å². The number of aryl methyl sites for hydroxylation is 1. The van der Waals surface area contributed by atoms with Crippen LogP contribution in [0.5, 0.6) is 0 Å². The van der Waals surface area contributed by atoms with Gasteiger partial charge in [0.1, 0.15) is 5.82 Å². The molecule has 0 unspecified atom stereocenters. The Balaban J connectivity index is 0.000000405. The molecule has 198 valence electrons. The van der Waals surface area contributed by atoms with Gasteiger partial charge < -0.3 is 20.6 Å². The summed E-state index contributed by atoms with van der Waals surface area (Å²) in [5, 5.41) is 25.2. The van der Waals surface area contributed by atoms with E-state index >= 15 is 0 Å². The molecule has 0 aromatic carbocycles. The molecule has 0 aliphatic carbocycles. The summed E-state index contributed by atoms with van der Waals surface area (Å²) in [7, 11) is 0. The Bertz CT molecular complexity index is 1330. The molecule has 12 nitrogen and oxygen atoms in total. The van der Waals surface area contributed by atoms with E-state index in [1.165, 1.54) is 5.69 Å². The first kappa shape index (κ1) is 26.1. The number of alkyl halides is 3.